The van der Waals surface area contributed by atoms with Crippen molar-refractivity contribution in [1.82, 2.24) is 5.32 Å². The minimum Gasteiger partial charge on any atom is -0.412 e. The fourth-order valence-electron chi connectivity index (χ4n) is 5.13. The van der Waals surface area contributed by atoms with Crippen LogP contribution < -0.4 is 5.32 Å². The van der Waals surface area contributed by atoms with E-state index in [2.05, 4.69) is 12.2 Å². The summed E-state index contributed by atoms with van der Waals surface area (Å²) in [6, 6.07) is 0. The highest BCUT2D eigenvalue weighted by atomic mass is 35.5. The predicted octanol–water partition coefficient (Wildman–Crippen LogP) is 2.80. The Morgan fingerprint density at radius 2 is 1.47 bits per heavy atom. The van der Waals surface area contributed by atoms with E-state index in [1.165, 1.54) is 13.0 Å². The van der Waals surface area contributed by atoms with E-state index < -0.39 is 0 Å². The molecule has 4 rings (SSSR count). The Morgan fingerprint density at radius 1 is 1.00 bits per heavy atom. The zero-order valence-corrected chi connectivity index (χ0v) is 11.8. The first-order valence-electron chi connectivity index (χ1n) is 7.00. The number of nitrogens with one attached hydrogen (secondary N) is 1. The van der Waals surface area contributed by atoms with Crippen molar-refractivity contribution in [3.63, 3.8) is 0 Å². The second kappa shape index (κ2) is 5.90. The van der Waals surface area contributed by atoms with E-state index in [9.17, 15) is 0 Å². The van der Waals surface area contributed by atoms with Crippen molar-refractivity contribution in [2.45, 2.75) is 51.9 Å². The number of rotatable bonds is 4. The van der Waals surface area contributed by atoms with Crippen LogP contribution in [0.1, 0.15) is 51.9 Å². The van der Waals surface area contributed by atoms with Crippen LogP contribution in [0.25, 0.3) is 0 Å². The third-order valence-electron chi connectivity index (χ3n) is 5.25. The van der Waals surface area contributed by atoms with Gasteiger partial charge in [0.2, 0.25) is 0 Å². The normalized spacial score (nSPS) is 41.8. The summed E-state index contributed by atoms with van der Waals surface area (Å²) in [4.78, 5) is 0. The Morgan fingerprint density at radius 3 is 1.88 bits per heavy atom. The van der Waals surface area contributed by atoms with E-state index in [0.717, 1.165) is 29.7 Å². The van der Waals surface area contributed by atoms with Crippen LogP contribution in [0.3, 0.4) is 0 Å². The van der Waals surface area contributed by atoms with Gasteiger partial charge in [0.15, 0.2) is 0 Å². The molecule has 0 aromatic carbocycles. The highest BCUT2D eigenvalue weighted by Crippen LogP contribution is 2.61. The van der Waals surface area contributed by atoms with Crippen molar-refractivity contribution in [2.24, 2.45) is 23.2 Å². The van der Waals surface area contributed by atoms with Gasteiger partial charge in [-0.3, -0.25) is 0 Å². The molecule has 4 aliphatic carbocycles. The quantitative estimate of drug-likeness (QED) is 0.777. The van der Waals surface area contributed by atoms with Crippen molar-refractivity contribution >= 4 is 12.4 Å². The van der Waals surface area contributed by atoms with Crippen LogP contribution in [0.4, 0.5) is 0 Å². The topological polar surface area (TPSA) is 43.5 Å². The molecule has 0 unspecified atom stereocenters. The lowest BCUT2D eigenvalue weighted by atomic mass is 9.49. The molecule has 4 aliphatic rings. The van der Waals surface area contributed by atoms with Gasteiger partial charge in [-0.2, -0.15) is 0 Å². The molecule has 102 valence electrons. The number of halogens is 1. The third kappa shape index (κ3) is 2.97. The van der Waals surface area contributed by atoms with Crippen LogP contribution in [0.15, 0.2) is 0 Å². The van der Waals surface area contributed by atoms with Gasteiger partial charge in [0.05, 0.1) is 0 Å². The SMILES string of the molecule is CCNCCC12CC3CC(CC(C3)C1)C2.Cl.O. The van der Waals surface area contributed by atoms with Gasteiger partial charge < -0.3 is 10.8 Å². The molecule has 0 atom stereocenters. The Kier molecular flexibility index (Phi) is 5.30. The lowest BCUT2D eigenvalue weighted by Gasteiger charge is -2.57. The smallest absolute Gasteiger partial charge is 0.00437 e. The molecule has 4 saturated carbocycles. The standard InChI is InChI=1S/C14H25N.ClH.H2O/c1-2-15-4-3-14-8-11-5-12(9-14)7-13(6-11)10-14;;/h11-13,15H,2-10H2,1H3;1H;1H2. The lowest BCUT2D eigenvalue weighted by molar-refractivity contribution is -0.0566. The van der Waals surface area contributed by atoms with E-state index in [0.29, 0.717) is 0 Å². The van der Waals surface area contributed by atoms with Crippen LogP contribution in [-0.4, -0.2) is 18.6 Å². The van der Waals surface area contributed by atoms with Gasteiger partial charge in [0.25, 0.3) is 0 Å². The molecule has 0 heterocycles. The largest absolute Gasteiger partial charge is 0.412 e. The maximum absolute atomic E-state index is 3.52. The summed E-state index contributed by atoms with van der Waals surface area (Å²) < 4.78 is 0. The number of hydrogen-bond acceptors (Lipinski definition) is 1. The Bertz CT molecular complexity index is 209. The highest BCUT2D eigenvalue weighted by Gasteiger charge is 2.50. The molecule has 4 bridgehead atoms. The first kappa shape index (κ1) is 15.3. The van der Waals surface area contributed by atoms with Crippen molar-refractivity contribution in [3.8, 4) is 0 Å². The summed E-state index contributed by atoms with van der Waals surface area (Å²) in [6.07, 6.45) is 10.9. The molecule has 0 aromatic rings. The summed E-state index contributed by atoms with van der Waals surface area (Å²) in [5, 5.41) is 3.52. The first-order valence-corrected chi connectivity index (χ1v) is 7.00. The van der Waals surface area contributed by atoms with Crippen molar-refractivity contribution < 1.29 is 5.48 Å². The maximum atomic E-state index is 3.52. The first-order chi connectivity index (χ1) is 7.30. The number of hydrogen-bond donors (Lipinski definition) is 1. The molecule has 3 heteroatoms. The average Bonchev–Trinajstić information content (AvgIpc) is 2.15. The molecule has 17 heavy (non-hydrogen) atoms. The fraction of sp³-hybridized carbons (Fsp3) is 1.00. The molecule has 0 aliphatic heterocycles. The molecule has 2 nitrogen and oxygen atoms in total. The van der Waals surface area contributed by atoms with Crippen molar-refractivity contribution in [3.05, 3.63) is 0 Å². The maximum Gasteiger partial charge on any atom is -0.00437 e. The van der Waals surface area contributed by atoms with E-state index in [-0.39, 0.29) is 17.9 Å². The van der Waals surface area contributed by atoms with Gasteiger partial charge >= 0.3 is 0 Å². The van der Waals surface area contributed by atoms with E-state index in [1.54, 1.807) is 38.5 Å². The van der Waals surface area contributed by atoms with E-state index >= 15 is 0 Å². The van der Waals surface area contributed by atoms with Crippen molar-refractivity contribution in [2.75, 3.05) is 13.1 Å². The van der Waals surface area contributed by atoms with Crippen LogP contribution in [-0.2, 0) is 0 Å². The summed E-state index contributed by atoms with van der Waals surface area (Å²) in [5.41, 5.74) is 0.789. The van der Waals surface area contributed by atoms with Gasteiger partial charge in [-0.1, -0.05) is 6.92 Å². The summed E-state index contributed by atoms with van der Waals surface area (Å²) in [6.45, 7) is 4.63. The molecular weight excluding hydrogens is 234 g/mol. The molecule has 0 saturated heterocycles. The second-order valence-corrected chi connectivity index (χ2v) is 6.52. The molecule has 0 radical (unpaired) electrons. The van der Waals surface area contributed by atoms with Crippen LogP contribution in [0, 0.1) is 23.2 Å². The zero-order chi connectivity index (χ0) is 10.3. The Balaban J connectivity index is 0.000000722. The molecule has 0 amide bonds. The molecule has 0 aromatic heterocycles. The molecule has 3 N–H and O–H groups in total. The van der Waals surface area contributed by atoms with E-state index in [4.69, 9.17) is 0 Å². The van der Waals surface area contributed by atoms with Gasteiger partial charge in [-0.15, -0.1) is 12.4 Å². The molecular formula is C14H28ClNO. The lowest BCUT2D eigenvalue weighted by Crippen LogP contribution is -2.47. The Labute approximate surface area is 112 Å². The molecule has 4 fully saturated rings. The predicted molar refractivity (Wildman–Crippen MR) is 74.6 cm³/mol. The van der Waals surface area contributed by atoms with Gasteiger partial charge in [0.1, 0.15) is 0 Å². The zero-order valence-electron chi connectivity index (χ0n) is 11.0. The van der Waals surface area contributed by atoms with Crippen LogP contribution in [0.2, 0.25) is 0 Å². The second-order valence-electron chi connectivity index (χ2n) is 6.52. The minimum atomic E-state index is 0. The Hall–Kier alpha value is 0.210. The van der Waals surface area contributed by atoms with Gasteiger partial charge in [0, 0.05) is 0 Å². The minimum absolute atomic E-state index is 0. The summed E-state index contributed by atoms with van der Waals surface area (Å²) >= 11 is 0. The van der Waals surface area contributed by atoms with Gasteiger partial charge in [-0.25, -0.2) is 0 Å². The third-order valence-corrected chi connectivity index (χ3v) is 5.25. The fourth-order valence-corrected chi connectivity index (χ4v) is 5.13. The van der Waals surface area contributed by atoms with E-state index in [1.807, 2.05) is 0 Å². The van der Waals surface area contributed by atoms with Gasteiger partial charge in [-0.05, 0) is 81.2 Å². The summed E-state index contributed by atoms with van der Waals surface area (Å²) in [7, 11) is 0. The highest BCUT2D eigenvalue weighted by molar-refractivity contribution is 5.85. The molecule has 0 spiro atoms. The average molecular weight is 262 g/mol. The van der Waals surface area contributed by atoms with Crippen LogP contribution >= 0.6 is 12.4 Å². The van der Waals surface area contributed by atoms with Crippen molar-refractivity contribution in [1.29, 1.82) is 0 Å². The monoisotopic (exact) mass is 261 g/mol. The van der Waals surface area contributed by atoms with Crippen LogP contribution in [0.5, 0.6) is 0 Å². The summed E-state index contributed by atoms with van der Waals surface area (Å²) in [5.74, 6) is 3.37.